The number of methoxy groups -OCH3 is 3. The van der Waals surface area contributed by atoms with Crippen LogP contribution in [0.3, 0.4) is 0 Å². The number of carbonyl (C=O) groups is 1. The highest BCUT2D eigenvalue weighted by Gasteiger charge is 2.23. The lowest BCUT2D eigenvalue weighted by Gasteiger charge is -2.22. The lowest BCUT2D eigenvalue weighted by atomic mass is 9.98. The van der Waals surface area contributed by atoms with Crippen LogP contribution < -0.4 is 14.2 Å². The van der Waals surface area contributed by atoms with Crippen LogP contribution in [0.1, 0.15) is 36.4 Å². The van der Waals surface area contributed by atoms with Crippen molar-refractivity contribution in [1.29, 1.82) is 0 Å². The molecule has 6 heteroatoms. The second-order valence-corrected chi connectivity index (χ2v) is 6.40. The molecule has 0 radical (unpaired) electrons. The highest BCUT2D eigenvalue weighted by Crippen LogP contribution is 2.45. The zero-order valence-electron chi connectivity index (χ0n) is 13.8. The van der Waals surface area contributed by atoms with Crippen molar-refractivity contribution in [3.8, 4) is 17.2 Å². The molecule has 0 fully saturated rings. The molecule has 0 aliphatic heterocycles. The molecule has 0 bridgehead atoms. The van der Waals surface area contributed by atoms with Gasteiger partial charge in [-0.1, -0.05) is 13.3 Å². The van der Waals surface area contributed by atoms with Gasteiger partial charge in [0.15, 0.2) is 11.5 Å². The molecule has 0 aromatic heterocycles. The summed E-state index contributed by atoms with van der Waals surface area (Å²) < 4.78 is 16.3. The van der Waals surface area contributed by atoms with Crippen LogP contribution >= 0.6 is 0 Å². The average molecular weight is 324 g/mol. The Kier molecular flexibility index (Phi) is 6.98. The van der Waals surface area contributed by atoms with E-state index in [2.05, 4.69) is 6.92 Å². The molecule has 0 saturated carbocycles. The summed E-state index contributed by atoms with van der Waals surface area (Å²) in [5, 5.41) is 8.90. The number of carboxylic acid groups (broad SMARTS) is 1. The molecule has 0 heterocycles. The van der Waals surface area contributed by atoms with Crippen molar-refractivity contribution in [3.05, 3.63) is 23.3 Å². The van der Waals surface area contributed by atoms with E-state index < -0.39 is 5.97 Å². The van der Waals surface area contributed by atoms with E-state index in [0.29, 0.717) is 22.8 Å². The molecule has 1 aromatic rings. The molecule has 1 unspecified atom stereocenters. The van der Waals surface area contributed by atoms with Gasteiger partial charge >= 0.3 is 5.97 Å². The van der Waals surface area contributed by atoms with E-state index in [9.17, 15) is 4.79 Å². The Labute approximate surface area is 134 Å². The molecule has 0 aliphatic carbocycles. The van der Waals surface area contributed by atoms with Crippen molar-refractivity contribution >= 4 is 22.3 Å². The average Bonchev–Trinajstić information content (AvgIpc) is 2.50. The van der Waals surface area contributed by atoms with Crippen molar-refractivity contribution in [3.63, 3.8) is 0 Å². The summed E-state index contributed by atoms with van der Waals surface area (Å²) in [5.74, 6) is 0.711. The molecule has 1 aromatic carbocycles. The Morgan fingerprint density at radius 1 is 1.27 bits per heavy atom. The van der Waals surface area contributed by atoms with E-state index in [1.807, 2.05) is 0 Å². The third kappa shape index (κ3) is 4.04. The van der Waals surface area contributed by atoms with Crippen molar-refractivity contribution in [1.82, 2.24) is 0 Å². The van der Waals surface area contributed by atoms with Gasteiger partial charge in [0.25, 0.3) is 0 Å². The maximum atomic E-state index is 10.8. The first-order valence-corrected chi connectivity index (χ1v) is 8.39. The summed E-state index contributed by atoms with van der Waals surface area (Å²) in [6.45, 7) is 2.13. The Hall–Kier alpha value is -1.95. The summed E-state index contributed by atoms with van der Waals surface area (Å²) in [6, 6.07) is 1.80. The second kappa shape index (κ2) is 8.48. The van der Waals surface area contributed by atoms with Gasteiger partial charge in [-0.05, 0) is 29.7 Å². The van der Waals surface area contributed by atoms with Gasteiger partial charge in [0.2, 0.25) is 5.75 Å². The fraction of sp³-hybridized carbons (Fsp3) is 0.438. The standard InChI is InChI=1S/C16H24O5Si/c1-5-6-12(22)14-10(7-8-13(17)18)9-11(19-2)15(20-3)16(14)21-4/h7-9,12H,5-6H2,1-4,22H3,(H,17,18)/b8-7+. The fourth-order valence-corrected chi connectivity index (χ4v) is 3.75. The molecular weight excluding hydrogens is 300 g/mol. The van der Waals surface area contributed by atoms with Gasteiger partial charge in [-0.2, -0.15) is 0 Å². The maximum Gasteiger partial charge on any atom is 0.328 e. The number of hydrogen-bond donors (Lipinski definition) is 1. The van der Waals surface area contributed by atoms with Gasteiger partial charge in [-0.3, -0.25) is 0 Å². The van der Waals surface area contributed by atoms with Gasteiger partial charge in [0.05, 0.1) is 21.3 Å². The summed E-state index contributed by atoms with van der Waals surface area (Å²) in [6.07, 6.45) is 4.78. The Morgan fingerprint density at radius 3 is 2.36 bits per heavy atom. The number of ether oxygens (including phenoxy) is 3. The third-order valence-electron chi connectivity index (χ3n) is 3.52. The highest BCUT2D eigenvalue weighted by molar-refractivity contribution is 6.13. The van der Waals surface area contributed by atoms with Gasteiger partial charge in [0.1, 0.15) is 0 Å². The minimum atomic E-state index is -0.986. The van der Waals surface area contributed by atoms with Gasteiger partial charge < -0.3 is 19.3 Å². The molecule has 0 amide bonds. The maximum absolute atomic E-state index is 10.8. The zero-order chi connectivity index (χ0) is 16.7. The molecule has 0 spiro atoms. The van der Waals surface area contributed by atoms with Crippen LogP contribution in [0.5, 0.6) is 17.2 Å². The van der Waals surface area contributed by atoms with Gasteiger partial charge in [-0.15, -0.1) is 0 Å². The number of aliphatic carboxylic acids is 1. The van der Waals surface area contributed by atoms with Gasteiger partial charge in [0, 0.05) is 21.9 Å². The SMILES string of the molecule is CCCC([SiH3])c1c(/C=C/C(=O)O)cc(OC)c(OC)c1OC. The Bertz CT molecular complexity index is 554. The quantitative estimate of drug-likeness (QED) is 0.585. The van der Waals surface area contributed by atoms with E-state index in [1.165, 1.54) is 0 Å². The number of carboxylic acids is 1. The molecule has 0 aliphatic rings. The summed E-state index contributed by atoms with van der Waals surface area (Å²) in [5.41, 5.74) is 2.13. The lowest BCUT2D eigenvalue weighted by molar-refractivity contribution is -0.131. The van der Waals surface area contributed by atoms with Crippen LogP contribution in [0.15, 0.2) is 12.1 Å². The molecule has 1 atom stereocenters. The number of rotatable bonds is 8. The van der Waals surface area contributed by atoms with Crippen LogP contribution in [0.25, 0.3) is 6.08 Å². The second-order valence-electron chi connectivity index (χ2n) is 5.01. The third-order valence-corrected chi connectivity index (χ3v) is 4.68. The van der Waals surface area contributed by atoms with E-state index in [1.54, 1.807) is 33.5 Å². The smallest absolute Gasteiger partial charge is 0.328 e. The molecule has 1 rings (SSSR count). The monoisotopic (exact) mass is 324 g/mol. The van der Waals surface area contributed by atoms with Crippen LogP contribution in [-0.4, -0.2) is 42.6 Å². The van der Waals surface area contributed by atoms with Crippen molar-refractivity contribution in [2.75, 3.05) is 21.3 Å². The normalized spacial score (nSPS) is 12.4. The van der Waals surface area contributed by atoms with Crippen molar-refractivity contribution < 1.29 is 24.1 Å². The van der Waals surface area contributed by atoms with Crippen LogP contribution in [0, 0.1) is 0 Å². The first-order valence-electron chi connectivity index (χ1n) is 7.23. The van der Waals surface area contributed by atoms with E-state index in [4.69, 9.17) is 19.3 Å². The largest absolute Gasteiger partial charge is 0.493 e. The molecule has 22 heavy (non-hydrogen) atoms. The van der Waals surface area contributed by atoms with E-state index in [0.717, 1.165) is 40.3 Å². The van der Waals surface area contributed by atoms with Crippen LogP contribution in [0.4, 0.5) is 0 Å². The predicted molar refractivity (Wildman–Crippen MR) is 90.4 cm³/mol. The summed E-state index contributed by atoms with van der Waals surface area (Å²) in [4.78, 5) is 10.8. The zero-order valence-corrected chi connectivity index (χ0v) is 15.8. The van der Waals surface area contributed by atoms with Crippen LogP contribution in [-0.2, 0) is 4.79 Å². The topological polar surface area (TPSA) is 65.0 Å². The Balaban J connectivity index is 3.60. The number of benzene rings is 1. The molecule has 1 N–H and O–H groups in total. The molecule has 0 saturated heterocycles. The van der Waals surface area contributed by atoms with E-state index >= 15 is 0 Å². The van der Waals surface area contributed by atoms with Crippen LogP contribution in [0.2, 0.25) is 0 Å². The minimum absolute atomic E-state index is 0.341. The predicted octanol–water partition coefficient (Wildman–Crippen LogP) is 2.02. The molecule has 122 valence electrons. The summed E-state index contributed by atoms with van der Waals surface area (Å²) in [7, 11) is 5.64. The highest BCUT2D eigenvalue weighted by atomic mass is 28.1. The summed E-state index contributed by atoms with van der Waals surface area (Å²) >= 11 is 0. The lowest BCUT2D eigenvalue weighted by Crippen LogP contribution is -2.07. The first-order chi connectivity index (χ1) is 10.5. The molecular formula is C16H24O5Si. The molecule has 5 nitrogen and oxygen atoms in total. The van der Waals surface area contributed by atoms with Crippen molar-refractivity contribution in [2.24, 2.45) is 0 Å². The van der Waals surface area contributed by atoms with Gasteiger partial charge in [-0.25, -0.2) is 4.79 Å². The Morgan fingerprint density at radius 2 is 1.91 bits per heavy atom. The van der Waals surface area contributed by atoms with E-state index in [-0.39, 0.29) is 0 Å². The fourth-order valence-electron chi connectivity index (χ4n) is 2.58. The first kappa shape index (κ1) is 18.1. The number of hydrogen-bond acceptors (Lipinski definition) is 4. The van der Waals surface area contributed by atoms with Crippen molar-refractivity contribution in [2.45, 2.75) is 25.3 Å². The minimum Gasteiger partial charge on any atom is -0.493 e.